The monoisotopic (exact) mass is 179 g/mol. The molecule has 1 aromatic heterocycles. The van der Waals surface area contributed by atoms with E-state index in [1.807, 2.05) is 6.26 Å². The van der Waals surface area contributed by atoms with Crippen molar-refractivity contribution >= 4 is 0 Å². The smallest absolute Gasteiger partial charge is 0.0953 e. The molecule has 2 heterocycles. The van der Waals surface area contributed by atoms with E-state index < -0.39 is 0 Å². The van der Waals surface area contributed by atoms with Crippen LogP contribution in [-0.4, -0.2) is 6.54 Å². The van der Waals surface area contributed by atoms with E-state index in [2.05, 4.69) is 25.2 Å². The average molecular weight is 179 g/mol. The van der Waals surface area contributed by atoms with Gasteiger partial charge in [-0.1, -0.05) is 13.8 Å². The van der Waals surface area contributed by atoms with Gasteiger partial charge in [0, 0.05) is 11.1 Å². The molecule has 1 fully saturated rings. The van der Waals surface area contributed by atoms with Gasteiger partial charge in [0.15, 0.2) is 0 Å². The van der Waals surface area contributed by atoms with Crippen LogP contribution in [0.5, 0.6) is 0 Å². The Labute approximate surface area is 79.3 Å². The Morgan fingerprint density at radius 1 is 1.54 bits per heavy atom. The highest BCUT2D eigenvalue weighted by Crippen LogP contribution is 2.37. The first-order valence-corrected chi connectivity index (χ1v) is 5.03. The van der Waals surface area contributed by atoms with Crippen molar-refractivity contribution in [2.75, 3.05) is 6.54 Å². The number of hydrogen-bond donors (Lipinski definition) is 1. The van der Waals surface area contributed by atoms with Crippen molar-refractivity contribution in [3.8, 4) is 0 Å². The van der Waals surface area contributed by atoms with Crippen LogP contribution in [0.4, 0.5) is 0 Å². The number of rotatable bonds is 2. The zero-order valence-electron chi connectivity index (χ0n) is 8.34. The molecule has 0 aromatic carbocycles. The maximum absolute atomic E-state index is 5.16. The van der Waals surface area contributed by atoms with Gasteiger partial charge >= 0.3 is 0 Å². The lowest BCUT2D eigenvalue weighted by Crippen LogP contribution is -2.41. The lowest BCUT2D eigenvalue weighted by molar-refractivity contribution is 0.275. The van der Waals surface area contributed by atoms with Crippen LogP contribution in [0, 0.1) is 5.92 Å². The molecule has 1 aromatic rings. The van der Waals surface area contributed by atoms with E-state index in [1.54, 1.807) is 6.26 Å². The second-order valence-corrected chi connectivity index (χ2v) is 4.17. The summed E-state index contributed by atoms with van der Waals surface area (Å²) in [5.41, 5.74) is 1.48. The van der Waals surface area contributed by atoms with Crippen molar-refractivity contribution < 1.29 is 4.42 Å². The Morgan fingerprint density at radius 3 is 2.85 bits per heavy atom. The molecule has 0 saturated carbocycles. The van der Waals surface area contributed by atoms with Gasteiger partial charge in [0.2, 0.25) is 0 Å². The summed E-state index contributed by atoms with van der Waals surface area (Å²) in [6.45, 7) is 5.67. The van der Waals surface area contributed by atoms with Gasteiger partial charge in [0.1, 0.15) is 0 Å². The molecule has 1 N–H and O–H groups in total. The molecule has 1 unspecified atom stereocenters. The molecular weight excluding hydrogens is 162 g/mol. The van der Waals surface area contributed by atoms with E-state index >= 15 is 0 Å². The summed E-state index contributed by atoms with van der Waals surface area (Å²) in [6.07, 6.45) is 6.13. The van der Waals surface area contributed by atoms with Crippen molar-refractivity contribution in [2.45, 2.75) is 32.2 Å². The predicted molar refractivity (Wildman–Crippen MR) is 52.5 cm³/mol. The highest BCUT2D eigenvalue weighted by molar-refractivity contribution is 5.21. The standard InChI is InChI=1S/C11H17NO/c1-9(2)11(5-3-6-12-11)10-4-7-13-8-10/h4,7-9,12H,3,5-6H2,1-2H3. The van der Waals surface area contributed by atoms with Crippen molar-refractivity contribution in [1.82, 2.24) is 5.32 Å². The zero-order valence-corrected chi connectivity index (χ0v) is 8.34. The third-order valence-corrected chi connectivity index (χ3v) is 3.21. The second-order valence-electron chi connectivity index (χ2n) is 4.17. The molecule has 72 valence electrons. The fourth-order valence-electron chi connectivity index (χ4n) is 2.36. The third-order valence-electron chi connectivity index (χ3n) is 3.21. The van der Waals surface area contributed by atoms with E-state index in [9.17, 15) is 0 Å². The maximum Gasteiger partial charge on any atom is 0.0953 e. The van der Waals surface area contributed by atoms with Gasteiger partial charge in [0.25, 0.3) is 0 Å². The molecule has 2 nitrogen and oxygen atoms in total. The minimum atomic E-state index is 0.174. The van der Waals surface area contributed by atoms with Gasteiger partial charge in [-0.05, 0) is 31.4 Å². The molecule has 1 saturated heterocycles. The fourth-order valence-corrected chi connectivity index (χ4v) is 2.36. The first-order chi connectivity index (χ1) is 6.26. The van der Waals surface area contributed by atoms with E-state index in [0.717, 1.165) is 6.54 Å². The largest absolute Gasteiger partial charge is 0.472 e. The van der Waals surface area contributed by atoms with E-state index in [-0.39, 0.29) is 5.54 Å². The number of furan rings is 1. The Bertz CT molecular complexity index is 258. The lowest BCUT2D eigenvalue weighted by atomic mass is 9.80. The lowest BCUT2D eigenvalue weighted by Gasteiger charge is -2.32. The fraction of sp³-hybridized carbons (Fsp3) is 0.636. The molecule has 0 bridgehead atoms. The normalized spacial score (nSPS) is 28.5. The number of nitrogens with one attached hydrogen (secondary N) is 1. The summed E-state index contributed by atoms with van der Waals surface area (Å²) in [5.74, 6) is 0.618. The third kappa shape index (κ3) is 1.29. The van der Waals surface area contributed by atoms with Gasteiger partial charge in [-0.3, -0.25) is 0 Å². The molecule has 0 aliphatic carbocycles. The van der Waals surface area contributed by atoms with E-state index in [1.165, 1.54) is 18.4 Å². The Balaban J connectivity index is 2.33. The Morgan fingerprint density at radius 2 is 2.38 bits per heavy atom. The molecule has 13 heavy (non-hydrogen) atoms. The second kappa shape index (κ2) is 3.18. The van der Waals surface area contributed by atoms with Gasteiger partial charge in [-0.2, -0.15) is 0 Å². The van der Waals surface area contributed by atoms with E-state index in [4.69, 9.17) is 4.42 Å². The zero-order chi connectivity index (χ0) is 9.31. The van der Waals surface area contributed by atoms with Crippen LogP contribution in [0.25, 0.3) is 0 Å². The van der Waals surface area contributed by atoms with Crippen LogP contribution in [0.3, 0.4) is 0 Å². The summed E-state index contributed by atoms with van der Waals surface area (Å²) in [7, 11) is 0. The molecule has 0 radical (unpaired) electrons. The molecule has 1 aliphatic heterocycles. The highest BCUT2D eigenvalue weighted by atomic mass is 16.3. The maximum atomic E-state index is 5.16. The van der Waals surface area contributed by atoms with Crippen LogP contribution in [-0.2, 0) is 5.54 Å². The molecule has 2 rings (SSSR count). The minimum absolute atomic E-state index is 0.174. The molecule has 0 spiro atoms. The summed E-state index contributed by atoms with van der Waals surface area (Å²) in [5, 5.41) is 3.61. The van der Waals surface area contributed by atoms with Gasteiger partial charge < -0.3 is 9.73 Å². The van der Waals surface area contributed by atoms with E-state index in [0.29, 0.717) is 5.92 Å². The first-order valence-electron chi connectivity index (χ1n) is 5.03. The Hall–Kier alpha value is -0.760. The molecule has 1 atom stereocenters. The highest BCUT2D eigenvalue weighted by Gasteiger charge is 2.38. The molecule has 0 amide bonds. The summed E-state index contributed by atoms with van der Waals surface area (Å²) < 4.78 is 5.16. The minimum Gasteiger partial charge on any atom is -0.472 e. The SMILES string of the molecule is CC(C)C1(c2ccoc2)CCCN1. The quantitative estimate of drug-likeness (QED) is 0.754. The molecular formula is C11H17NO. The average Bonchev–Trinajstić information content (AvgIpc) is 2.75. The van der Waals surface area contributed by atoms with Crippen molar-refractivity contribution in [1.29, 1.82) is 0 Å². The van der Waals surface area contributed by atoms with Gasteiger partial charge in [0.05, 0.1) is 12.5 Å². The molecule has 2 heteroatoms. The van der Waals surface area contributed by atoms with Crippen LogP contribution >= 0.6 is 0 Å². The van der Waals surface area contributed by atoms with Crippen molar-refractivity contribution in [2.24, 2.45) is 5.92 Å². The van der Waals surface area contributed by atoms with Crippen LogP contribution in [0.15, 0.2) is 23.0 Å². The predicted octanol–water partition coefficient (Wildman–Crippen LogP) is 2.51. The summed E-state index contributed by atoms with van der Waals surface area (Å²) in [4.78, 5) is 0. The first kappa shape index (κ1) is 8.82. The Kier molecular flexibility index (Phi) is 2.16. The molecule has 1 aliphatic rings. The van der Waals surface area contributed by atoms with Crippen molar-refractivity contribution in [3.05, 3.63) is 24.2 Å². The summed E-state index contributed by atoms with van der Waals surface area (Å²) >= 11 is 0. The van der Waals surface area contributed by atoms with Gasteiger partial charge in [-0.15, -0.1) is 0 Å². The van der Waals surface area contributed by atoms with Crippen LogP contribution in [0.1, 0.15) is 32.3 Å². The van der Waals surface area contributed by atoms with Crippen LogP contribution in [0.2, 0.25) is 0 Å². The summed E-state index contributed by atoms with van der Waals surface area (Å²) in [6, 6.07) is 2.08. The topological polar surface area (TPSA) is 25.2 Å². The van der Waals surface area contributed by atoms with Crippen molar-refractivity contribution in [3.63, 3.8) is 0 Å². The number of hydrogen-bond acceptors (Lipinski definition) is 2. The van der Waals surface area contributed by atoms with Gasteiger partial charge in [-0.25, -0.2) is 0 Å². The van der Waals surface area contributed by atoms with Crippen LogP contribution < -0.4 is 5.32 Å².